The van der Waals surface area contributed by atoms with E-state index in [4.69, 9.17) is 0 Å². The van der Waals surface area contributed by atoms with Crippen LogP contribution < -0.4 is 10.6 Å². The number of thiophene rings is 1. The molecule has 150 valence electrons. The first-order valence-corrected chi connectivity index (χ1v) is 10.1. The summed E-state index contributed by atoms with van der Waals surface area (Å²) in [6.45, 7) is 2.15. The monoisotopic (exact) mass is 414 g/mol. The Hall–Kier alpha value is -3.20. The fourth-order valence-corrected chi connectivity index (χ4v) is 4.31. The van der Waals surface area contributed by atoms with Crippen molar-refractivity contribution in [2.75, 3.05) is 25.0 Å². The normalized spacial score (nSPS) is 18.8. The van der Waals surface area contributed by atoms with Gasteiger partial charge in [-0.1, -0.05) is 12.1 Å². The van der Waals surface area contributed by atoms with Crippen LogP contribution in [0.5, 0.6) is 0 Å². The molecule has 1 aromatic carbocycles. The Labute approximate surface area is 170 Å². The van der Waals surface area contributed by atoms with E-state index in [0.29, 0.717) is 17.8 Å². The summed E-state index contributed by atoms with van der Waals surface area (Å²) in [5, 5.41) is 9.14. The second kappa shape index (κ2) is 7.67. The first kappa shape index (κ1) is 19.1. The first-order valence-electron chi connectivity index (χ1n) is 9.16. The second-order valence-electron chi connectivity index (χ2n) is 6.73. The maximum atomic E-state index is 13.8. The van der Waals surface area contributed by atoms with Gasteiger partial charge in [-0.2, -0.15) is 11.3 Å². The van der Waals surface area contributed by atoms with Gasteiger partial charge in [-0.15, -0.1) is 0 Å². The van der Waals surface area contributed by atoms with Gasteiger partial charge in [-0.3, -0.25) is 14.5 Å². The molecule has 1 unspecified atom stereocenters. The lowest BCUT2D eigenvalue weighted by Gasteiger charge is -2.32. The Morgan fingerprint density at radius 2 is 2.10 bits per heavy atom. The summed E-state index contributed by atoms with van der Waals surface area (Å²) >= 11 is 1.48. The lowest BCUT2D eigenvalue weighted by atomic mass is 9.98. The van der Waals surface area contributed by atoms with Crippen molar-refractivity contribution in [2.24, 2.45) is 0 Å². The van der Waals surface area contributed by atoms with Gasteiger partial charge in [-0.25, -0.2) is 9.18 Å². The average Bonchev–Trinajstić information content (AvgIpc) is 3.33. The van der Waals surface area contributed by atoms with Gasteiger partial charge in [0.15, 0.2) is 0 Å². The van der Waals surface area contributed by atoms with E-state index in [1.807, 2.05) is 23.8 Å². The number of likely N-dealkylation sites (N-methyl/N-ethyl adjacent to an activating group) is 1. The Bertz CT molecular complexity index is 1000. The van der Waals surface area contributed by atoms with Crippen molar-refractivity contribution in [1.29, 1.82) is 0 Å². The van der Waals surface area contributed by atoms with Crippen molar-refractivity contribution in [2.45, 2.75) is 13.0 Å². The zero-order valence-corrected chi connectivity index (χ0v) is 16.5. The minimum Gasteiger partial charge on any atom is -0.326 e. The van der Waals surface area contributed by atoms with Gasteiger partial charge in [0.1, 0.15) is 12.4 Å². The van der Waals surface area contributed by atoms with Gasteiger partial charge >= 0.3 is 6.03 Å². The van der Waals surface area contributed by atoms with E-state index < -0.39 is 17.8 Å². The minimum absolute atomic E-state index is 0.0602. The summed E-state index contributed by atoms with van der Waals surface area (Å²) in [6, 6.07) is 6.90. The van der Waals surface area contributed by atoms with E-state index >= 15 is 0 Å². The molecule has 3 heterocycles. The third-order valence-corrected chi connectivity index (χ3v) is 5.67. The standard InChI is InChI=1S/C20H19FN4O3S/c1-2-25-15-9-24(10-16(26)22-14-6-4-3-5-13(14)21)19(27)17(15)18(23-20(25)28)12-7-8-29-11-12/h3-8,11,18H,2,9-10H2,1H3,(H,22,26)(H,23,28). The molecule has 0 bridgehead atoms. The molecule has 0 fully saturated rings. The molecule has 0 spiro atoms. The number of hydrogen-bond donors (Lipinski definition) is 2. The second-order valence-corrected chi connectivity index (χ2v) is 7.51. The highest BCUT2D eigenvalue weighted by molar-refractivity contribution is 7.08. The largest absolute Gasteiger partial charge is 0.326 e. The van der Waals surface area contributed by atoms with Crippen LogP contribution in [-0.4, -0.2) is 47.3 Å². The summed E-state index contributed by atoms with van der Waals surface area (Å²) < 4.78 is 13.8. The number of carbonyl (C=O) groups excluding carboxylic acids is 3. The average molecular weight is 414 g/mol. The third-order valence-electron chi connectivity index (χ3n) is 4.97. The SMILES string of the molecule is CCN1C(=O)NC(c2ccsc2)C2=C1CN(CC(=O)Nc1ccccc1F)C2=O. The van der Waals surface area contributed by atoms with Crippen molar-refractivity contribution >= 4 is 34.9 Å². The molecule has 2 aliphatic heterocycles. The lowest BCUT2D eigenvalue weighted by Crippen LogP contribution is -2.47. The summed E-state index contributed by atoms with van der Waals surface area (Å²) in [6.07, 6.45) is 0. The number of nitrogens with one attached hydrogen (secondary N) is 2. The van der Waals surface area contributed by atoms with Gasteiger partial charge < -0.3 is 15.5 Å². The third kappa shape index (κ3) is 3.49. The molecule has 1 atom stereocenters. The number of para-hydroxylation sites is 1. The van der Waals surface area contributed by atoms with Gasteiger partial charge in [-0.05, 0) is 41.4 Å². The predicted molar refractivity (Wildman–Crippen MR) is 107 cm³/mol. The minimum atomic E-state index is -0.546. The van der Waals surface area contributed by atoms with E-state index in [9.17, 15) is 18.8 Å². The molecule has 2 aromatic rings. The number of urea groups is 1. The van der Waals surface area contributed by atoms with Crippen LogP contribution >= 0.6 is 11.3 Å². The van der Waals surface area contributed by atoms with E-state index in [0.717, 1.165) is 5.56 Å². The van der Waals surface area contributed by atoms with Crippen molar-refractivity contribution in [1.82, 2.24) is 15.1 Å². The molecule has 4 amide bonds. The molecular formula is C20H19FN4O3S. The Morgan fingerprint density at radius 1 is 1.31 bits per heavy atom. The zero-order valence-electron chi connectivity index (χ0n) is 15.6. The molecule has 29 heavy (non-hydrogen) atoms. The van der Waals surface area contributed by atoms with Crippen molar-refractivity contribution in [3.05, 3.63) is 63.7 Å². The lowest BCUT2D eigenvalue weighted by molar-refractivity contribution is -0.130. The molecule has 2 N–H and O–H groups in total. The molecule has 2 aliphatic rings. The van der Waals surface area contributed by atoms with Crippen LogP contribution in [-0.2, 0) is 9.59 Å². The molecule has 0 aliphatic carbocycles. The molecular weight excluding hydrogens is 395 g/mol. The maximum absolute atomic E-state index is 13.8. The Morgan fingerprint density at radius 3 is 2.79 bits per heavy atom. The van der Waals surface area contributed by atoms with Crippen LogP contribution in [0.1, 0.15) is 18.5 Å². The smallest absolute Gasteiger partial charge is 0.322 e. The number of carbonyl (C=O) groups is 3. The molecule has 0 saturated carbocycles. The molecule has 0 saturated heterocycles. The molecule has 4 rings (SSSR count). The van der Waals surface area contributed by atoms with Crippen LogP contribution in [0.3, 0.4) is 0 Å². The van der Waals surface area contributed by atoms with Crippen LogP contribution in [0.15, 0.2) is 52.4 Å². The highest BCUT2D eigenvalue weighted by atomic mass is 32.1. The quantitative estimate of drug-likeness (QED) is 0.789. The molecule has 7 nitrogen and oxygen atoms in total. The van der Waals surface area contributed by atoms with Crippen molar-refractivity contribution in [3.63, 3.8) is 0 Å². The first-order chi connectivity index (χ1) is 14.0. The number of halogens is 1. The maximum Gasteiger partial charge on any atom is 0.322 e. The van der Waals surface area contributed by atoms with Crippen molar-refractivity contribution < 1.29 is 18.8 Å². The summed E-state index contributed by atoms with van der Waals surface area (Å²) in [4.78, 5) is 40.9. The van der Waals surface area contributed by atoms with Crippen LogP contribution in [0, 0.1) is 5.82 Å². The number of benzene rings is 1. The predicted octanol–water partition coefficient (Wildman–Crippen LogP) is 2.71. The number of amides is 4. The van der Waals surface area contributed by atoms with Gasteiger partial charge in [0.25, 0.3) is 5.91 Å². The fourth-order valence-electron chi connectivity index (χ4n) is 3.63. The van der Waals surface area contributed by atoms with Crippen LogP contribution in [0.2, 0.25) is 0 Å². The van der Waals surface area contributed by atoms with Crippen molar-refractivity contribution in [3.8, 4) is 0 Å². The van der Waals surface area contributed by atoms with Crippen LogP contribution in [0.25, 0.3) is 0 Å². The summed E-state index contributed by atoms with van der Waals surface area (Å²) in [5.74, 6) is -1.36. The van der Waals surface area contributed by atoms with Crippen LogP contribution in [0.4, 0.5) is 14.9 Å². The topological polar surface area (TPSA) is 81.8 Å². The molecule has 0 radical (unpaired) electrons. The van der Waals surface area contributed by atoms with Gasteiger partial charge in [0, 0.05) is 6.54 Å². The Balaban J connectivity index is 1.56. The van der Waals surface area contributed by atoms with Gasteiger partial charge in [0.05, 0.1) is 29.5 Å². The summed E-state index contributed by atoms with van der Waals surface area (Å²) in [7, 11) is 0. The van der Waals surface area contributed by atoms with E-state index in [-0.39, 0.29) is 30.7 Å². The van der Waals surface area contributed by atoms with E-state index in [2.05, 4.69) is 10.6 Å². The number of rotatable bonds is 5. The zero-order chi connectivity index (χ0) is 20.5. The molecule has 1 aromatic heterocycles. The molecule has 9 heteroatoms. The number of nitrogens with zero attached hydrogens (tertiary/aromatic N) is 2. The number of anilines is 1. The highest BCUT2D eigenvalue weighted by Crippen LogP contribution is 2.36. The fraction of sp³-hybridized carbons (Fsp3) is 0.250. The Kier molecular flexibility index (Phi) is 5.06. The summed E-state index contributed by atoms with van der Waals surface area (Å²) in [5.41, 5.74) is 1.97. The highest BCUT2D eigenvalue weighted by Gasteiger charge is 2.44. The van der Waals surface area contributed by atoms with Gasteiger partial charge in [0.2, 0.25) is 5.91 Å². The number of hydrogen-bond acceptors (Lipinski definition) is 4. The van der Waals surface area contributed by atoms with E-state index in [1.54, 1.807) is 6.07 Å². The van der Waals surface area contributed by atoms with E-state index in [1.165, 1.54) is 39.3 Å².